The standard InChI is InChI=1S/C17H19N3O2/c1-12(2)20-10-6-9-15(17(20)22)16(21)19-18-11-14-8-5-4-7-13(14)3/h4-12H,1-3H3,(H,19,21)/b18-11-. The van der Waals surface area contributed by atoms with E-state index >= 15 is 0 Å². The van der Waals surface area contributed by atoms with Crippen molar-refractivity contribution in [2.45, 2.75) is 26.8 Å². The van der Waals surface area contributed by atoms with Crippen molar-refractivity contribution in [3.8, 4) is 0 Å². The molecule has 0 saturated heterocycles. The van der Waals surface area contributed by atoms with Gasteiger partial charge in [-0.1, -0.05) is 24.3 Å². The average molecular weight is 297 g/mol. The van der Waals surface area contributed by atoms with Crippen LogP contribution in [-0.4, -0.2) is 16.7 Å². The predicted molar refractivity (Wildman–Crippen MR) is 87.3 cm³/mol. The normalized spacial score (nSPS) is 11.1. The number of pyridine rings is 1. The van der Waals surface area contributed by atoms with Gasteiger partial charge in [0.2, 0.25) is 0 Å². The summed E-state index contributed by atoms with van der Waals surface area (Å²) in [6.45, 7) is 5.74. The first-order valence-corrected chi connectivity index (χ1v) is 7.11. The number of nitrogens with zero attached hydrogens (tertiary/aromatic N) is 2. The van der Waals surface area contributed by atoms with E-state index in [4.69, 9.17) is 0 Å². The van der Waals surface area contributed by atoms with Gasteiger partial charge in [-0.3, -0.25) is 9.59 Å². The number of benzene rings is 1. The van der Waals surface area contributed by atoms with E-state index in [-0.39, 0.29) is 17.2 Å². The molecule has 114 valence electrons. The van der Waals surface area contributed by atoms with E-state index in [0.717, 1.165) is 11.1 Å². The Morgan fingerprint density at radius 1 is 1.23 bits per heavy atom. The number of amides is 1. The second-order valence-corrected chi connectivity index (χ2v) is 5.28. The topological polar surface area (TPSA) is 63.5 Å². The van der Waals surface area contributed by atoms with E-state index in [1.165, 1.54) is 10.6 Å². The van der Waals surface area contributed by atoms with Crippen molar-refractivity contribution in [2.75, 3.05) is 0 Å². The van der Waals surface area contributed by atoms with Crippen LogP contribution in [0.3, 0.4) is 0 Å². The van der Waals surface area contributed by atoms with E-state index in [9.17, 15) is 9.59 Å². The third-order valence-electron chi connectivity index (χ3n) is 3.33. The zero-order chi connectivity index (χ0) is 16.1. The molecule has 0 fully saturated rings. The van der Waals surface area contributed by atoms with E-state index in [0.29, 0.717) is 0 Å². The van der Waals surface area contributed by atoms with Crippen LogP contribution >= 0.6 is 0 Å². The van der Waals surface area contributed by atoms with Gasteiger partial charge in [0.05, 0.1) is 6.21 Å². The smallest absolute Gasteiger partial charge is 0.276 e. The predicted octanol–water partition coefficient (Wildman–Crippen LogP) is 2.50. The molecule has 0 radical (unpaired) electrons. The number of hydrogen-bond donors (Lipinski definition) is 1. The van der Waals surface area contributed by atoms with Gasteiger partial charge in [0.1, 0.15) is 5.56 Å². The van der Waals surface area contributed by atoms with E-state index in [1.807, 2.05) is 45.0 Å². The zero-order valence-corrected chi connectivity index (χ0v) is 12.9. The fraction of sp³-hybridized carbons (Fsp3) is 0.235. The molecule has 0 unspecified atom stereocenters. The molecule has 2 rings (SSSR count). The molecule has 0 aliphatic rings. The minimum atomic E-state index is -0.509. The first-order chi connectivity index (χ1) is 10.5. The maximum atomic E-state index is 12.2. The lowest BCUT2D eigenvalue weighted by Gasteiger charge is -2.10. The molecule has 0 spiro atoms. The molecule has 0 aliphatic heterocycles. The van der Waals surface area contributed by atoms with Gasteiger partial charge in [-0.25, -0.2) is 5.43 Å². The van der Waals surface area contributed by atoms with Crippen LogP contribution in [0, 0.1) is 6.92 Å². The molecule has 0 saturated carbocycles. The fourth-order valence-electron chi connectivity index (χ4n) is 2.04. The lowest BCUT2D eigenvalue weighted by Crippen LogP contribution is -2.31. The number of nitrogens with one attached hydrogen (secondary N) is 1. The third-order valence-corrected chi connectivity index (χ3v) is 3.33. The van der Waals surface area contributed by atoms with Crippen LogP contribution in [0.2, 0.25) is 0 Å². The quantitative estimate of drug-likeness (QED) is 0.696. The molecule has 0 bridgehead atoms. The number of carbonyl (C=O) groups excluding carboxylic acids is 1. The van der Waals surface area contributed by atoms with Crippen LogP contribution in [0.5, 0.6) is 0 Å². The number of rotatable bonds is 4. The van der Waals surface area contributed by atoms with Gasteiger partial charge >= 0.3 is 0 Å². The monoisotopic (exact) mass is 297 g/mol. The minimum Gasteiger partial charge on any atom is -0.312 e. The summed E-state index contributed by atoms with van der Waals surface area (Å²) in [6.07, 6.45) is 3.23. The lowest BCUT2D eigenvalue weighted by atomic mass is 10.1. The van der Waals surface area contributed by atoms with Gasteiger partial charge in [-0.15, -0.1) is 0 Å². The summed E-state index contributed by atoms with van der Waals surface area (Å²) in [5, 5.41) is 3.92. The van der Waals surface area contributed by atoms with Crippen molar-refractivity contribution >= 4 is 12.1 Å². The number of hydrazone groups is 1. The highest BCUT2D eigenvalue weighted by Gasteiger charge is 2.12. The SMILES string of the molecule is Cc1ccccc1/C=N\NC(=O)c1cccn(C(C)C)c1=O. The summed E-state index contributed by atoms with van der Waals surface area (Å²) in [5.74, 6) is -0.509. The van der Waals surface area contributed by atoms with E-state index < -0.39 is 5.91 Å². The van der Waals surface area contributed by atoms with Crippen LogP contribution < -0.4 is 11.0 Å². The van der Waals surface area contributed by atoms with Crippen molar-refractivity contribution in [3.63, 3.8) is 0 Å². The molecule has 5 nitrogen and oxygen atoms in total. The van der Waals surface area contributed by atoms with Gasteiger partial charge in [-0.05, 0) is 44.0 Å². The van der Waals surface area contributed by atoms with Gasteiger partial charge in [-0.2, -0.15) is 5.10 Å². The second-order valence-electron chi connectivity index (χ2n) is 5.28. The summed E-state index contributed by atoms with van der Waals surface area (Å²) >= 11 is 0. The molecule has 22 heavy (non-hydrogen) atoms. The number of aryl methyl sites for hydroxylation is 1. The Bertz CT molecular complexity index is 760. The minimum absolute atomic E-state index is 0.00396. The summed E-state index contributed by atoms with van der Waals surface area (Å²) in [5.41, 5.74) is 4.13. The molecular weight excluding hydrogens is 278 g/mol. The second kappa shape index (κ2) is 6.85. The summed E-state index contributed by atoms with van der Waals surface area (Å²) in [4.78, 5) is 24.3. The van der Waals surface area contributed by atoms with Gasteiger partial charge in [0.25, 0.3) is 11.5 Å². The highest BCUT2D eigenvalue weighted by Crippen LogP contribution is 2.03. The maximum absolute atomic E-state index is 12.2. The first kappa shape index (κ1) is 15.7. The summed E-state index contributed by atoms with van der Waals surface area (Å²) in [6, 6.07) is 10.9. The Morgan fingerprint density at radius 2 is 1.95 bits per heavy atom. The molecule has 5 heteroatoms. The Hall–Kier alpha value is -2.69. The fourth-order valence-corrected chi connectivity index (χ4v) is 2.04. The first-order valence-electron chi connectivity index (χ1n) is 7.11. The van der Waals surface area contributed by atoms with E-state index in [1.54, 1.807) is 18.5 Å². The van der Waals surface area contributed by atoms with Crippen LogP contribution in [0.15, 0.2) is 52.5 Å². The van der Waals surface area contributed by atoms with Gasteiger partial charge in [0, 0.05) is 12.2 Å². The molecule has 1 aromatic carbocycles. The van der Waals surface area contributed by atoms with Crippen molar-refractivity contribution in [1.82, 2.24) is 9.99 Å². The molecule has 2 aromatic rings. The summed E-state index contributed by atoms with van der Waals surface area (Å²) < 4.78 is 1.51. The van der Waals surface area contributed by atoms with Crippen LogP contribution in [0.1, 0.15) is 41.4 Å². The number of carbonyl (C=O) groups is 1. The van der Waals surface area contributed by atoms with Crippen molar-refractivity contribution in [3.05, 3.63) is 69.6 Å². The lowest BCUT2D eigenvalue weighted by molar-refractivity contribution is 0.0953. The third kappa shape index (κ3) is 3.49. The number of aromatic nitrogens is 1. The van der Waals surface area contributed by atoms with Gasteiger partial charge in [0.15, 0.2) is 0 Å². The average Bonchev–Trinajstić information content (AvgIpc) is 2.49. The Kier molecular flexibility index (Phi) is 4.88. The highest BCUT2D eigenvalue weighted by molar-refractivity contribution is 5.94. The maximum Gasteiger partial charge on any atom is 0.276 e. The van der Waals surface area contributed by atoms with Crippen LogP contribution in [0.25, 0.3) is 0 Å². The van der Waals surface area contributed by atoms with Crippen LogP contribution in [-0.2, 0) is 0 Å². The van der Waals surface area contributed by atoms with Crippen LogP contribution in [0.4, 0.5) is 0 Å². The largest absolute Gasteiger partial charge is 0.312 e. The van der Waals surface area contributed by atoms with Crippen molar-refractivity contribution in [2.24, 2.45) is 5.10 Å². The molecule has 1 N–H and O–H groups in total. The van der Waals surface area contributed by atoms with Crippen molar-refractivity contribution in [1.29, 1.82) is 0 Å². The molecule has 1 amide bonds. The van der Waals surface area contributed by atoms with Gasteiger partial charge < -0.3 is 4.57 Å². The molecule has 0 atom stereocenters. The van der Waals surface area contributed by atoms with Crippen molar-refractivity contribution < 1.29 is 4.79 Å². The van der Waals surface area contributed by atoms with E-state index in [2.05, 4.69) is 10.5 Å². The molecule has 1 aromatic heterocycles. The molecule has 0 aliphatic carbocycles. The Labute approximate surface area is 129 Å². The Balaban J connectivity index is 2.15. The summed E-state index contributed by atoms with van der Waals surface area (Å²) in [7, 11) is 0. The Morgan fingerprint density at radius 3 is 2.64 bits per heavy atom. The zero-order valence-electron chi connectivity index (χ0n) is 12.9. The molecule has 1 heterocycles. The number of hydrogen-bond acceptors (Lipinski definition) is 3. The molecular formula is C17H19N3O2. The highest BCUT2D eigenvalue weighted by atomic mass is 16.2.